The summed E-state index contributed by atoms with van der Waals surface area (Å²) in [5, 5.41) is 7.45. The maximum Gasteiger partial charge on any atom is 0.317 e. The average molecular weight is 395 g/mol. The summed E-state index contributed by atoms with van der Waals surface area (Å²) in [4.78, 5) is 21.7. The lowest BCUT2D eigenvalue weighted by molar-refractivity contribution is 0.180. The first kappa shape index (κ1) is 19.2. The van der Waals surface area contributed by atoms with Gasteiger partial charge in [-0.1, -0.05) is 0 Å². The number of urea groups is 1. The number of rotatable bonds is 5. The predicted molar refractivity (Wildman–Crippen MR) is 112 cm³/mol. The summed E-state index contributed by atoms with van der Waals surface area (Å²) in [5.74, 6) is -0.252. The van der Waals surface area contributed by atoms with E-state index >= 15 is 0 Å². The number of likely N-dealkylation sites (tertiary alicyclic amines) is 1. The number of hydrogen-bond donors (Lipinski definition) is 3. The quantitative estimate of drug-likeness (QED) is 0.613. The highest BCUT2D eigenvalue weighted by atomic mass is 19.1. The molecule has 3 N–H and O–H groups in total. The lowest BCUT2D eigenvalue weighted by Gasteiger charge is -2.33. The third-order valence-corrected chi connectivity index (χ3v) is 5.46. The molecule has 2 aromatic heterocycles. The van der Waals surface area contributed by atoms with Gasteiger partial charge >= 0.3 is 6.03 Å². The summed E-state index contributed by atoms with van der Waals surface area (Å²) >= 11 is 0. The number of anilines is 1. The van der Waals surface area contributed by atoms with Gasteiger partial charge in [-0.15, -0.1) is 0 Å². The van der Waals surface area contributed by atoms with Crippen molar-refractivity contribution in [3.8, 4) is 0 Å². The van der Waals surface area contributed by atoms with Crippen LogP contribution in [0.3, 0.4) is 0 Å². The first-order valence-electron chi connectivity index (χ1n) is 10.1. The fourth-order valence-corrected chi connectivity index (χ4v) is 3.91. The first-order valence-corrected chi connectivity index (χ1v) is 10.1. The number of pyridine rings is 1. The summed E-state index contributed by atoms with van der Waals surface area (Å²) in [6.07, 6.45) is 7.90. The normalized spacial score (nSPS) is 16.0. The largest absolute Gasteiger partial charge is 0.382 e. The van der Waals surface area contributed by atoms with Gasteiger partial charge in [0.1, 0.15) is 5.82 Å². The molecule has 1 aliphatic heterocycles. The van der Waals surface area contributed by atoms with Crippen LogP contribution in [0.5, 0.6) is 0 Å². The van der Waals surface area contributed by atoms with E-state index < -0.39 is 0 Å². The van der Waals surface area contributed by atoms with Crippen molar-refractivity contribution in [3.05, 3.63) is 60.3 Å². The Hall–Kier alpha value is -3.09. The van der Waals surface area contributed by atoms with Gasteiger partial charge in [0.2, 0.25) is 0 Å². The molecule has 0 aliphatic carbocycles. The van der Waals surface area contributed by atoms with Crippen LogP contribution in [0.25, 0.3) is 10.9 Å². The van der Waals surface area contributed by atoms with E-state index in [2.05, 4.69) is 20.6 Å². The van der Waals surface area contributed by atoms with E-state index in [1.165, 1.54) is 12.1 Å². The van der Waals surface area contributed by atoms with E-state index in [4.69, 9.17) is 0 Å². The van der Waals surface area contributed by atoms with Crippen molar-refractivity contribution in [2.24, 2.45) is 0 Å². The van der Waals surface area contributed by atoms with Crippen LogP contribution in [0, 0.1) is 5.82 Å². The minimum Gasteiger partial charge on any atom is -0.382 e. The highest BCUT2D eigenvalue weighted by Crippen LogP contribution is 2.21. The van der Waals surface area contributed by atoms with E-state index in [0.717, 1.165) is 48.1 Å². The molecule has 3 aromatic rings. The number of fused-ring (bicyclic) bond motifs is 1. The molecule has 29 heavy (non-hydrogen) atoms. The number of amides is 2. The van der Waals surface area contributed by atoms with Crippen LogP contribution in [0.4, 0.5) is 14.9 Å². The Labute approximate surface area is 169 Å². The van der Waals surface area contributed by atoms with Gasteiger partial charge in [-0.2, -0.15) is 0 Å². The monoisotopic (exact) mass is 395 g/mol. The van der Waals surface area contributed by atoms with Crippen molar-refractivity contribution in [2.45, 2.75) is 38.3 Å². The molecule has 1 atom stereocenters. The third kappa shape index (κ3) is 4.67. The highest BCUT2D eigenvalue weighted by Gasteiger charge is 2.23. The molecular weight excluding hydrogens is 369 g/mol. The molecule has 1 unspecified atom stereocenters. The summed E-state index contributed by atoms with van der Waals surface area (Å²) in [7, 11) is 0. The van der Waals surface area contributed by atoms with Crippen LogP contribution in [-0.2, 0) is 6.42 Å². The minimum atomic E-state index is -0.252. The fraction of sp³-hybridized carbons (Fsp3) is 0.364. The Balaban J connectivity index is 1.27. The second kappa shape index (κ2) is 8.51. The van der Waals surface area contributed by atoms with Crippen LogP contribution >= 0.6 is 0 Å². The Morgan fingerprint density at radius 1 is 1.28 bits per heavy atom. The highest BCUT2D eigenvalue weighted by molar-refractivity contribution is 5.83. The Morgan fingerprint density at radius 3 is 2.79 bits per heavy atom. The van der Waals surface area contributed by atoms with Crippen molar-refractivity contribution in [1.29, 1.82) is 0 Å². The second-order valence-electron chi connectivity index (χ2n) is 7.70. The number of benzene rings is 1. The number of nitrogens with one attached hydrogen (secondary N) is 3. The van der Waals surface area contributed by atoms with E-state index in [0.29, 0.717) is 12.5 Å². The van der Waals surface area contributed by atoms with Crippen molar-refractivity contribution < 1.29 is 9.18 Å². The standard InChI is InChI=1S/C22H26FN5O/c1-15(12-16-14-25-21-3-2-17(23)13-20(16)21)26-22(29)28-10-6-19(7-11-28)27-18-4-8-24-9-5-18/h2-5,8-9,13-15,19,25H,6-7,10-12H2,1H3,(H,24,27)(H,26,29). The zero-order valence-electron chi connectivity index (χ0n) is 16.5. The number of carbonyl (C=O) groups excluding carboxylic acids is 1. The molecule has 1 aromatic carbocycles. The fourth-order valence-electron chi connectivity index (χ4n) is 3.91. The summed E-state index contributed by atoms with van der Waals surface area (Å²) in [6, 6.07) is 8.91. The van der Waals surface area contributed by atoms with Crippen LogP contribution in [0.2, 0.25) is 0 Å². The number of aromatic amines is 1. The van der Waals surface area contributed by atoms with Crippen LogP contribution in [-0.4, -0.2) is 46.1 Å². The van der Waals surface area contributed by atoms with Gasteiger partial charge in [-0.25, -0.2) is 9.18 Å². The molecule has 6 nitrogen and oxygen atoms in total. The Bertz CT molecular complexity index is 966. The molecule has 2 amide bonds. The summed E-state index contributed by atoms with van der Waals surface area (Å²) in [5.41, 5.74) is 2.97. The van der Waals surface area contributed by atoms with Gasteiger partial charge < -0.3 is 20.5 Å². The van der Waals surface area contributed by atoms with Crippen molar-refractivity contribution in [3.63, 3.8) is 0 Å². The average Bonchev–Trinajstić information content (AvgIpc) is 3.11. The van der Waals surface area contributed by atoms with Crippen LogP contribution in [0.1, 0.15) is 25.3 Å². The first-order chi connectivity index (χ1) is 14.1. The number of carbonyl (C=O) groups is 1. The zero-order valence-corrected chi connectivity index (χ0v) is 16.5. The van der Waals surface area contributed by atoms with Gasteiger partial charge in [0.25, 0.3) is 0 Å². The molecular formula is C22H26FN5O. The lowest BCUT2D eigenvalue weighted by Crippen LogP contribution is -2.49. The van der Waals surface area contributed by atoms with Gasteiger partial charge in [-0.05, 0) is 62.1 Å². The number of halogens is 1. The minimum absolute atomic E-state index is 0.0362. The summed E-state index contributed by atoms with van der Waals surface area (Å²) in [6.45, 7) is 3.42. The van der Waals surface area contributed by atoms with Crippen molar-refractivity contribution in [2.75, 3.05) is 18.4 Å². The van der Waals surface area contributed by atoms with E-state index in [1.807, 2.05) is 30.2 Å². The number of piperidine rings is 1. The van der Waals surface area contributed by atoms with Gasteiger partial charge in [-0.3, -0.25) is 4.98 Å². The van der Waals surface area contributed by atoms with Crippen LogP contribution in [0.15, 0.2) is 48.9 Å². The van der Waals surface area contributed by atoms with E-state index in [-0.39, 0.29) is 17.9 Å². The maximum atomic E-state index is 13.6. The molecule has 0 radical (unpaired) electrons. The van der Waals surface area contributed by atoms with Gasteiger partial charge in [0, 0.05) is 60.4 Å². The third-order valence-electron chi connectivity index (χ3n) is 5.46. The molecule has 0 spiro atoms. The topological polar surface area (TPSA) is 73.1 Å². The lowest BCUT2D eigenvalue weighted by atomic mass is 10.0. The predicted octanol–water partition coefficient (Wildman–Crippen LogP) is 3.92. The smallest absolute Gasteiger partial charge is 0.317 e. The Morgan fingerprint density at radius 2 is 2.03 bits per heavy atom. The van der Waals surface area contributed by atoms with E-state index in [1.54, 1.807) is 18.5 Å². The second-order valence-corrected chi connectivity index (χ2v) is 7.70. The molecule has 0 saturated carbocycles. The molecule has 152 valence electrons. The molecule has 1 fully saturated rings. The summed E-state index contributed by atoms with van der Waals surface area (Å²) < 4.78 is 13.6. The van der Waals surface area contributed by atoms with Gasteiger partial charge in [0.05, 0.1) is 0 Å². The van der Waals surface area contributed by atoms with Crippen LogP contribution < -0.4 is 10.6 Å². The van der Waals surface area contributed by atoms with Gasteiger partial charge in [0.15, 0.2) is 0 Å². The molecule has 3 heterocycles. The van der Waals surface area contributed by atoms with E-state index in [9.17, 15) is 9.18 Å². The number of nitrogens with zero attached hydrogens (tertiary/aromatic N) is 2. The number of aromatic nitrogens is 2. The maximum absolute atomic E-state index is 13.6. The van der Waals surface area contributed by atoms with Crippen molar-refractivity contribution >= 4 is 22.6 Å². The SMILES string of the molecule is CC(Cc1c[nH]c2ccc(F)cc12)NC(=O)N1CCC(Nc2ccncc2)CC1. The molecule has 7 heteroatoms. The molecule has 1 saturated heterocycles. The number of hydrogen-bond acceptors (Lipinski definition) is 3. The van der Waals surface area contributed by atoms with Crippen molar-refractivity contribution in [1.82, 2.24) is 20.2 Å². The number of H-pyrrole nitrogens is 1. The molecule has 0 bridgehead atoms. The zero-order chi connectivity index (χ0) is 20.2. The Kier molecular flexibility index (Phi) is 5.64. The molecule has 1 aliphatic rings. The molecule has 4 rings (SSSR count).